The van der Waals surface area contributed by atoms with Gasteiger partial charge in [0.05, 0.1) is 0 Å². The molecular weight excluding hydrogens is 196 g/mol. The van der Waals surface area contributed by atoms with Gasteiger partial charge in [-0.15, -0.1) is 0 Å². The van der Waals surface area contributed by atoms with E-state index in [9.17, 15) is 0 Å². The first-order chi connectivity index (χ1) is 7.18. The first-order valence-corrected chi connectivity index (χ1v) is 5.65. The van der Waals surface area contributed by atoms with Gasteiger partial charge in [0.25, 0.3) is 0 Å². The Morgan fingerprint density at radius 2 is 2.00 bits per heavy atom. The fourth-order valence-electron chi connectivity index (χ4n) is 2.28. The van der Waals surface area contributed by atoms with Crippen LogP contribution in [0.4, 0.5) is 0 Å². The number of benzene rings is 1. The second kappa shape index (κ2) is 2.83. The van der Waals surface area contributed by atoms with E-state index in [0.717, 1.165) is 0 Å². The van der Waals surface area contributed by atoms with E-state index in [0.29, 0.717) is 0 Å². The highest BCUT2D eigenvalue weighted by Gasteiger charge is 2.30. The number of fused-ring (bicyclic) bond motifs is 3. The van der Waals surface area contributed by atoms with Gasteiger partial charge in [-0.3, -0.25) is 0 Å². The van der Waals surface area contributed by atoms with Gasteiger partial charge >= 0.3 is 0 Å². The molecule has 0 bridgehead atoms. The van der Waals surface area contributed by atoms with Crippen molar-refractivity contribution in [2.45, 2.75) is 12.0 Å². The SMILES string of the molecule is CC1([Si])C=CC=C2C1=Cc1ccccc12. The molecule has 2 aliphatic rings. The van der Waals surface area contributed by atoms with Crippen LogP contribution in [0.2, 0.25) is 5.04 Å². The van der Waals surface area contributed by atoms with Gasteiger partial charge in [-0.25, -0.2) is 0 Å². The summed E-state index contributed by atoms with van der Waals surface area (Å²) in [7, 11) is 3.82. The van der Waals surface area contributed by atoms with Crippen LogP contribution in [0.25, 0.3) is 11.6 Å². The third-order valence-corrected chi connectivity index (χ3v) is 3.53. The first kappa shape index (κ1) is 8.92. The highest BCUT2D eigenvalue weighted by molar-refractivity contribution is 6.23. The summed E-state index contributed by atoms with van der Waals surface area (Å²) in [5.74, 6) is 0. The predicted molar refractivity (Wildman–Crippen MR) is 65.7 cm³/mol. The summed E-state index contributed by atoms with van der Waals surface area (Å²) < 4.78 is 0. The van der Waals surface area contributed by atoms with Crippen LogP contribution in [0.3, 0.4) is 0 Å². The molecule has 0 heterocycles. The second-order valence-corrected chi connectivity index (χ2v) is 5.33. The summed E-state index contributed by atoms with van der Waals surface area (Å²) in [6.45, 7) is 2.19. The van der Waals surface area contributed by atoms with Crippen molar-refractivity contribution in [2.75, 3.05) is 0 Å². The van der Waals surface area contributed by atoms with Crippen molar-refractivity contribution in [1.82, 2.24) is 0 Å². The maximum atomic E-state index is 3.82. The summed E-state index contributed by atoms with van der Waals surface area (Å²) in [4.78, 5) is 0. The molecule has 0 nitrogen and oxygen atoms in total. The van der Waals surface area contributed by atoms with Gasteiger partial charge in [-0.05, 0) is 33.4 Å². The highest BCUT2D eigenvalue weighted by atomic mass is 28.1. The van der Waals surface area contributed by atoms with E-state index in [2.05, 4.69) is 65.7 Å². The molecule has 15 heavy (non-hydrogen) atoms. The zero-order valence-corrected chi connectivity index (χ0v) is 9.62. The predicted octanol–water partition coefficient (Wildman–Crippen LogP) is 3.38. The molecule has 0 saturated heterocycles. The average Bonchev–Trinajstić information content (AvgIpc) is 2.58. The number of rotatable bonds is 0. The van der Waals surface area contributed by atoms with Crippen molar-refractivity contribution in [3.05, 3.63) is 59.2 Å². The number of hydrogen-bond donors (Lipinski definition) is 0. The van der Waals surface area contributed by atoms with E-state index in [1.165, 1.54) is 22.3 Å². The minimum absolute atomic E-state index is 0.0247. The Bertz CT molecular complexity index is 516. The lowest BCUT2D eigenvalue weighted by molar-refractivity contribution is 0.929. The molecule has 0 aromatic heterocycles. The van der Waals surface area contributed by atoms with Crippen LogP contribution in [0.15, 0.2) is 48.1 Å². The lowest BCUT2D eigenvalue weighted by Crippen LogP contribution is -2.10. The van der Waals surface area contributed by atoms with Crippen LogP contribution < -0.4 is 0 Å². The van der Waals surface area contributed by atoms with Gasteiger partial charge in [0.15, 0.2) is 0 Å². The van der Waals surface area contributed by atoms with Gasteiger partial charge in [0.1, 0.15) is 0 Å². The molecular formula is C14H11Si. The maximum Gasteiger partial charge on any atom is 0.0432 e. The van der Waals surface area contributed by atoms with Gasteiger partial charge < -0.3 is 0 Å². The molecule has 1 heteroatoms. The van der Waals surface area contributed by atoms with Crippen LogP contribution in [-0.2, 0) is 0 Å². The monoisotopic (exact) mass is 207 g/mol. The molecule has 3 radical (unpaired) electrons. The van der Waals surface area contributed by atoms with Crippen LogP contribution in [0.1, 0.15) is 18.1 Å². The second-order valence-electron chi connectivity index (χ2n) is 4.29. The van der Waals surface area contributed by atoms with Crippen molar-refractivity contribution in [3.63, 3.8) is 0 Å². The average molecular weight is 207 g/mol. The fourth-order valence-corrected chi connectivity index (χ4v) is 2.59. The van der Waals surface area contributed by atoms with Gasteiger partial charge in [-0.2, -0.15) is 0 Å². The Labute approximate surface area is 93.4 Å². The van der Waals surface area contributed by atoms with Crippen LogP contribution >= 0.6 is 0 Å². The standard InChI is InChI=1S/C14H11Si/c1-14(15)8-4-7-12-11-6-3-2-5-10(11)9-13(12)14/h2-9H,1H3. The topological polar surface area (TPSA) is 0 Å². The minimum Gasteiger partial charge on any atom is -0.0778 e. The molecule has 0 fully saturated rings. The van der Waals surface area contributed by atoms with E-state index in [1.807, 2.05) is 0 Å². The van der Waals surface area contributed by atoms with Gasteiger partial charge in [0.2, 0.25) is 0 Å². The zero-order chi connectivity index (χ0) is 10.5. The molecule has 0 amide bonds. The van der Waals surface area contributed by atoms with Gasteiger partial charge in [-0.1, -0.05) is 49.4 Å². The summed E-state index contributed by atoms with van der Waals surface area (Å²) in [6, 6.07) is 8.54. The quantitative estimate of drug-likeness (QED) is 0.572. The van der Waals surface area contributed by atoms with E-state index < -0.39 is 0 Å². The molecule has 2 aliphatic carbocycles. The molecule has 1 aromatic carbocycles. The molecule has 71 valence electrons. The molecule has 0 saturated carbocycles. The van der Waals surface area contributed by atoms with E-state index in [4.69, 9.17) is 0 Å². The van der Waals surface area contributed by atoms with Crippen molar-refractivity contribution in [2.24, 2.45) is 0 Å². The summed E-state index contributed by atoms with van der Waals surface area (Å²) >= 11 is 0. The third kappa shape index (κ3) is 1.20. The molecule has 1 atom stereocenters. The highest BCUT2D eigenvalue weighted by Crippen LogP contribution is 2.49. The molecule has 0 aliphatic heterocycles. The Kier molecular flexibility index (Phi) is 1.68. The van der Waals surface area contributed by atoms with Gasteiger partial charge in [0, 0.05) is 10.2 Å². The summed E-state index contributed by atoms with van der Waals surface area (Å²) in [5, 5.41) is -0.0247. The Balaban J connectivity index is 2.25. The molecule has 3 rings (SSSR count). The lowest BCUT2D eigenvalue weighted by atomic mass is 9.88. The molecule has 1 aromatic rings. The lowest BCUT2D eigenvalue weighted by Gasteiger charge is -2.26. The largest absolute Gasteiger partial charge is 0.0778 e. The summed E-state index contributed by atoms with van der Waals surface area (Å²) in [6.07, 6.45) is 8.78. The normalized spacial score (nSPS) is 26.8. The van der Waals surface area contributed by atoms with Crippen LogP contribution in [0.5, 0.6) is 0 Å². The van der Waals surface area contributed by atoms with E-state index in [-0.39, 0.29) is 5.04 Å². The molecule has 0 N–H and O–H groups in total. The van der Waals surface area contributed by atoms with Crippen molar-refractivity contribution in [3.8, 4) is 0 Å². The van der Waals surface area contributed by atoms with Crippen LogP contribution in [-0.4, -0.2) is 10.2 Å². The van der Waals surface area contributed by atoms with E-state index in [1.54, 1.807) is 0 Å². The zero-order valence-electron chi connectivity index (χ0n) is 8.62. The first-order valence-electron chi connectivity index (χ1n) is 5.15. The van der Waals surface area contributed by atoms with Crippen molar-refractivity contribution >= 4 is 21.9 Å². The van der Waals surface area contributed by atoms with Crippen LogP contribution in [0, 0.1) is 0 Å². The Morgan fingerprint density at radius 3 is 2.87 bits per heavy atom. The third-order valence-electron chi connectivity index (χ3n) is 3.09. The summed E-state index contributed by atoms with van der Waals surface area (Å²) in [5.41, 5.74) is 5.39. The number of hydrogen-bond acceptors (Lipinski definition) is 0. The molecule has 1 unspecified atom stereocenters. The fraction of sp³-hybridized carbons (Fsp3) is 0.143. The Morgan fingerprint density at radius 1 is 1.20 bits per heavy atom. The molecule has 0 spiro atoms. The van der Waals surface area contributed by atoms with Crippen molar-refractivity contribution in [1.29, 1.82) is 0 Å². The maximum absolute atomic E-state index is 3.82. The number of allylic oxidation sites excluding steroid dienone is 5. The van der Waals surface area contributed by atoms with Crippen molar-refractivity contribution < 1.29 is 0 Å². The van der Waals surface area contributed by atoms with E-state index >= 15 is 0 Å². The minimum atomic E-state index is -0.0247. The smallest absolute Gasteiger partial charge is 0.0432 e. The Hall–Kier alpha value is -1.34.